The number of hydrogen-bond donors (Lipinski definition) is 2. The molecule has 472 valence electrons. The molecule has 9 heteroatoms. The molecule has 0 aromatic rings. The monoisotopic (exact) mass is 1140 g/mol. The molecule has 1 amide bonds. The maximum Gasteiger partial charge on any atom is 0.268 e. The van der Waals surface area contributed by atoms with Gasteiger partial charge in [0.15, 0.2) is 0 Å². The molecule has 0 spiro atoms. The fourth-order valence-electron chi connectivity index (χ4n) is 11.2. The second-order valence-corrected chi connectivity index (χ2v) is 27.4. The topological polar surface area (TPSA) is 108 Å². The van der Waals surface area contributed by atoms with Crippen LogP contribution in [0.5, 0.6) is 0 Å². The van der Waals surface area contributed by atoms with Crippen LogP contribution in [0.4, 0.5) is 0 Å². The molecule has 3 unspecified atom stereocenters. The van der Waals surface area contributed by atoms with Gasteiger partial charge in [0.05, 0.1) is 39.9 Å². The molecule has 0 saturated heterocycles. The largest absolute Gasteiger partial charge is 0.756 e. The number of nitrogens with one attached hydrogen (secondary N) is 1. The van der Waals surface area contributed by atoms with E-state index in [-0.39, 0.29) is 19.1 Å². The molecular weight excluding hydrogens is 996 g/mol. The number of aliphatic hydroxyl groups excluding tert-OH is 1. The number of rotatable bonds is 67. The Balaban J connectivity index is 4.02. The summed E-state index contributed by atoms with van der Waals surface area (Å²) in [5, 5.41) is 14.0. The van der Waals surface area contributed by atoms with Crippen LogP contribution in [-0.4, -0.2) is 68.5 Å². The number of carbonyl (C=O) groups excluding carboxylic acids is 1. The number of quaternary nitrogens is 1. The molecule has 3 atom stereocenters. The smallest absolute Gasteiger partial charge is 0.268 e. The zero-order chi connectivity index (χ0) is 57.7. The highest BCUT2D eigenvalue weighted by atomic mass is 31.2. The summed E-state index contributed by atoms with van der Waals surface area (Å²) in [5.41, 5.74) is 0. The lowest BCUT2D eigenvalue weighted by Gasteiger charge is -2.29. The third-order valence-electron chi connectivity index (χ3n) is 16.7. The maximum absolute atomic E-state index is 13.0. The number of unbranched alkanes of at least 4 members (excludes halogenated alkanes) is 54. The highest BCUT2D eigenvalue weighted by Crippen LogP contribution is 2.38. The number of aliphatic hydroxyl groups is 1. The van der Waals surface area contributed by atoms with Gasteiger partial charge in [-0.15, -0.1) is 0 Å². The minimum atomic E-state index is -4.60. The molecule has 2 N–H and O–H groups in total. The van der Waals surface area contributed by atoms with Crippen LogP contribution in [0, 0.1) is 0 Å². The lowest BCUT2D eigenvalue weighted by molar-refractivity contribution is -0.870. The normalized spacial score (nSPS) is 13.7. The van der Waals surface area contributed by atoms with E-state index in [4.69, 9.17) is 9.05 Å². The van der Waals surface area contributed by atoms with Gasteiger partial charge >= 0.3 is 0 Å². The Morgan fingerprint density at radius 2 is 0.684 bits per heavy atom. The molecule has 0 aromatic heterocycles. The molecule has 79 heavy (non-hydrogen) atoms. The van der Waals surface area contributed by atoms with Crippen LogP contribution in [0.25, 0.3) is 0 Å². The SMILES string of the molecule is CCCCCCCCCCCCCCCCCCCCCCCCCCCC/C=C/C(O)C(COP(=O)([O-])OCC[N+](C)(C)C)NC(=O)CCCCCCCCCCCCCCCCCCCCCCCCCCCCCCC. The number of allylic oxidation sites excluding steroid dienone is 1. The van der Waals surface area contributed by atoms with E-state index in [1.54, 1.807) is 6.08 Å². The van der Waals surface area contributed by atoms with Crippen molar-refractivity contribution in [1.82, 2.24) is 5.32 Å². The fraction of sp³-hybridized carbons (Fsp3) is 0.957. The summed E-state index contributed by atoms with van der Waals surface area (Å²) >= 11 is 0. The Hall–Kier alpha value is -0.760. The third-order valence-corrected chi connectivity index (χ3v) is 17.7. The van der Waals surface area contributed by atoms with Gasteiger partial charge in [0, 0.05) is 6.42 Å². The lowest BCUT2D eigenvalue weighted by atomic mass is 10.0. The van der Waals surface area contributed by atoms with Crippen molar-refractivity contribution in [1.29, 1.82) is 0 Å². The van der Waals surface area contributed by atoms with Gasteiger partial charge in [0.1, 0.15) is 13.2 Å². The predicted octanol–water partition coefficient (Wildman–Crippen LogP) is 21.9. The van der Waals surface area contributed by atoms with Crippen molar-refractivity contribution in [3.8, 4) is 0 Å². The lowest BCUT2D eigenvalue weighted by Crippen LogP contribution is -2.45. The van der Waals surface area contributed by atoms with Crippen molar-refractivity contribution in [2.45, 2.75) is 392 Å². The van der Waals surface area contributed by atoms with Crippen LogP contribution in [0.15, 0.2) is 12.2 Å². The molecule has 0 aromatic carbocycles. The van der Waals surface area contributed by atoms with Gasteiger partial charge in [-0.2, -0.15) is 0 Å². The van der Waals surface area contributed by atoms with Crippen LogP contribution in [-0.2, 0) is 18.4 Å². The molecule has 0 aliphatic heterocycles. The Morgan fingerprint density at radius 3 is 0.949 bits per heavy atom. The van der Waals surface area contributed by atoms with Crippen molar-refractivity contribution >= 4 is 13.7 Å². The maximum atomic E-state index is 13.0. The molecule has 0 fully saturated rings. The summed E-state index contributed by atoms with van der Waals surface area (Å²) < 4.78 is 23.5. The summed E-state index contributed by atoms with van der Waals surface area (Å²) in [6.45, 7) is 4.73. The average molecular weight is 1140 g/mol. The molecular formula is C70H141N2O6P. The number of phosphoric acid groups is 1. The molecule has 0 heterocycles. The second-order valence-electron chi connectivity index (χ2n) is 26.0. The van der Waals surface area contributed by atoms with E-state index in [9.17, 15) is 19.4 Å². The molecule has 0 radical (unpaired) electrons. The average Bonchev–Trinajstić information content (AvgIpc) is 3.42. The number of nitrogens with zero attached hydrogens (tertiary/aromatic N) is 1. The summed E-state index contributed by atoms with van der Waals surface area (Å²) in [7, 11) is 1.29. The van der Waals surface area contributed by atoms with Crippen LogP contribution >= 0.6 is 7.82 Å². The van der Waals surface area contributed by atoms with Crippen LogP contribution in [0.2, 0.25) is 0 Å². The predicted molar refractivity (Wildman–Crippen MR) is 344 cm³/mol. The first kappa shape index (κ1) is 78.2. The van der Waals surface area contributed by atoms with Crippen molar-refractivity contribution in [2.75, 3.05) is 40.9 Å². The molecule has 8 nitrogen and oxygen atoms in total. The van der Waals surface area contributed by atoms with Crippen LogP contribution in [0.1, 0.15) is 380 Å². The summed E-state index contributed by atoms with van der Waals surface area (Å²) in [5.74, 6) is -0.187. The number of amides is 1. The standard InChI is InChI=1S/C70H141N2O6P/c1-6-8-10-12-14-16-18-20-22-24-26-28-30-32-34-36-38-40-42-44-46-48-50-52-54-56-58-60-62-64-70(74)71-68(67-78-79(75,76)77-66-65-72(3,4)5)69(73)63-61-59-57-55-53-51-49-47-45-43-41-39-37-35-33-31-29-27-25-23-21-19-17-15-13-11-9-7-2/h61,63,68-69,73H,6-60,62,64-67H2,1-5H3,(H-,71,74,75,76)/b63-61+. The summed E-state index contributed by atoms with van der Waals surface area (Å²) in [6.07, 6.45) is 79.1. The van der Waals surface area contributed by atoms with Crippen LogP contribution < -0.4 is 10.2 Å². The molecule has 0 saturated carbocycles. The van der Waals surface area contributed by atoms with E-state index in [2.05, 4.69) is 19.2 Å². The van der Waals surface area contributed by atoms with Crippen LogP contribution in [0.3, 0.4) is 0 Å². The fourth-order valence-corrected chi connectivity index (χ4v) is 11.9. The van der Waals surface area contributed by atoms with E-state index in [1.165, 1.54) is 321 Å². The van der Waals surface area contributed by atoms with E-state index in [0.29, 0.717) is 17.4 Å². The number of hydrogen-bond acceptors (Lipinski definition) is 6. The summed E-state index contributed by atoms with van der Waals surface area (Å²) in [6, 6.07) is -0.884. The van der Waals surface area contributed by atoms with Crippen molar-refractivity contribution in [2.24, 2.45) is 0 Å². The van der Waals surface area contributed by atoms with E-state index < -0.39 is 20.0 Å². The third kappa shape index (κ3) is 64.7. The van der Waals surface area contributed by atoms with Gasteiger partial charge in [0.25, 0.3) is 7.82 Å². The molecule has 0 aliphatic rings. The van der Waals surface area contributed by atoms with Gasteiger partial charge in [-0.3, -0.25) is 9.36 Å². The highest BCUT2D eigenvalue weighted by molar-refractivity contribution is 7.45. The molecule has 0 bridgehead atoms. The van der Waals surface area contributed by atoms with Crippen molar-refractivity contribution < 1.29 is 32.9 Å². The minimum absolute atomic E-state index is 0.00304. The molecule has 0 rings (SSSR count). The van der Waals surface area contributed by atoms with Gasteiger partial charge < -0.3 is 28.8 Å². The number of likely N-dealkylation sites (N-methyl/N-ethyl adjacent to an activating group) is 1. The van der Waals surface area contributed by atoms with E-state index in [0.717, 1.165) is 38.5 Å². The van der Waals surface area contributed by atoms with Gasteiger partial charge in [-0.05, 0) is 19.3 Å². The highest BCUT2D eigenvalue weighted by Gasteiger charge is 2.23. The Labute approximate surface area is 494 Å². The van der Waals surface area contributed by atoms with Gasteiger partial charge in [0.2, 0.25) is 5.91 Å². The number of carbonyl (C=O) groups is 1. The number of phosphoric ester groups is 1. The van der Waals surface area contributed by atoms with Gasteiger partial charge in [-0.25, -0.2) is 0 Å². The first-order valence-electron chi connectivity index (χ1n) is 35.6. The molecule has 0 aliphatic carbocycles. The second kappa shape index (κ2) is 61.8. The van der Waals surface area contributed by atoms with E-state index >= 15 is 0 Å². The zero-order valence-corrected chi connectivity index (χ0v) is 55.0. The summed E-state index contributed by atoms with van der Waals surface area (Å²) in [4.78, 5) is 25.6. The van der Waals surface area contributed by atoms with Crippen molar-refractivity contribution in [3.63, 3.8) is 0 Å². The van der Waals surface area contributed by atoms with Crippen molar-refractivity contribution in [3.05, 3.63) is 12.2 Å². The Morgan fingerprint density at radius 1 is 0.430 bits per heavy atom. The quantitative estimate of drug-likeness (QED) is 0.0272. The first-order chi connectivity index (χ1) is 38.5. The van der Waals surface area contributed by atoms with E-state index in [1.807, 2.05) is 27.2 Å². The minimum Gasteiger partial charge on any atom is -0.756 e. The Bertz CT molecular complexity index is 1290. The first-order valence-corrected chi connectivity index (χ1v) is 37.0. The Kier molecular flexibility index (Phi) is 61.2. The zero-order valence-electron chi connectivity index (χ0n) is 54.1. The van der Waals surface area contributed by atoms with Gasteiger partial charge in [-0.1, -0.05) is 366 Å².